The molecule has 1 heterocycles. The fourth-order valence-electron chi connectivity index (χ4n) is 5.45. The van der Waals surface area contributed by atoms with Crippen LogP contribution in [-0.4, -0.2) is 24.8 Å². The van der Waals surface area contributed by atoms with Crippen molar-refractivity contribution in [1.82, 2.24) is 0 Å². The summed E-state index contributed by atoms with van der Waals surface area (Å²) in [5, 5.41) is 9.03. The Hall–Kier alpha value is -1.18. The summed E-state index contributed by atoms with van der Waals surface area (Å²) >= 11 is 0. The number of allylic oxidation sites excluding steroid dienone is 1. The number of Topliss-reactive ketones (excluding diaryl/α,β-unsaturated/α-hetero) is 1. The molecule has 0 radical (unpaired) electrons. The lowest BCUT2D eigenvalue weighted by Crippen LogP contribution is -2.56. The normalized spacial score (nSPS) is 41.7. The maximum absolute atomic E-state index is 13.0. The lowest BCUT2D eigenvalue weighted by molar-refractivity contribution is -0.225. The molecule has 23 heavy (non-hydrogen) atoms. The first-order chi connectivity index (χ1) is 10.9. The van der Waals surface area contributed by atoms with Crippen molar-refractivity contribution in [2.45, 2.75) is 58.2 Å². The van der Waals surface area contributed by atoms with Gasteiger partial charge in [-0.3, -0.25) is 4.79 Å². The average Bonchev–Trinajstić information content (AvgIpc) is 3.09. The van der Waals surface area contributed by atoms with Gasteiger partial charge in [0, 0.05) is 30.6 Å². The van der Waals surface area contributed by atoms with E-state index in [9.17, 15) is 4.79 Å². The summed E-state index contributed by atoms with van der Waals surface area (Å²) in [7, 11) is 0. The van der Waals surface area contributed by atoms with Crippen LogP contribution in [0, 0.1) is 34.0 Å². The van der Waals surface area contributed by atoms with Crippen molar-refractivity contribution in [2.24, 2.45) is 22.7 Å². The highest BCUT2D eigenvalue weighted by atomic mass is 16.7. The average molecular weight is 317 g/mol. The summed E-state index contributed by atoms with van der Waals surface area (Å²) < 4.78 is 12.2. The van der Waals surface area contributed by atoms with Gasteiger partial charge in [0.05, 0.1) is 19.3 Å². The van der Waals surface area contributed by atoms with Gasteiger partial charge in [-0.15, -0.1) is 6.58 Å². The molecule has 2 aliphatic carbocycles. The molecule has 4 nitrogen and oxygen atoms in total. The van der Waals surface area contributed by atoms with Crippen LogP contribution in [-0.2, 0) is 14.3 Å². The standard InChI is InChI=1S/C19H27NO3/c1-4-6-14-16-17(2,8-9-19(16)22-11-12-23-19)13-15(21)18(14,3)7-5-10-20/h4,14,16H,1,5-9,11-13H2,2-3H3/t14-,16-,17+,18+/m1/s1. The summed E-state index contributed by atoms with van der Waals surface area (Å²) in [6, 6.07) is 2.21. The van der Waals surface area contributed by atoms with Gasteiger partial charge < -0.3 is 9.47 Å². The Morgan fingerprint density at radius 1 is 1.35 bits per heavy atom. The molecule has 3 fully saturated rings. The number of nitrogens with zero attached hydrogens (tertiary/aromatic N) is 1. The van der Waals surface area contributed by atoms with E-state index in [2.05, 4.69) is 19.6 Å². The number of ketones is 1. The van der Waals surface area contributed by atoms with Crippen LogP contribution < -0.4 is 0 Å². The van der Waals surface area contributed by atoms with Crippen molar-refractivity contribution in [3.05, 3.63) is 12.7 Å². The van der Waals surface area contributed by atoms with Crippen LogP contribution in [0.3, 0.4) is 0 Å². The summed E-state index contributed by atoms with van der Waals surface area (Å²) in [5.41, 5.74) is -0.554. The second kappa shape index (κ2) is 5.72. The Morgan fingerprint density at radius 3 is 2.65 bits per heavy atom. The maximum Gasteiger partial charge on any atom is 0.172 e. The van der Waals surface area contributed by atoms with Gasteiger partial charge in [-0.25, -0.2) is 0 Å². The Kier molecular flexibility index (Phi) is 4.14. The molecule has 0 amide bonds. The van der Waals surface area contributed by atoms with Crippen molar-refractivity contribution in [3.63, 3.8) is 0 Å². The first kappa shape index (κ1) is 16.7. The Labute approximate surface area is 138 Å². The van der Waals surface area contributed by atoms with Crippen molar-refractivity contribution in [3.8, 4) is 6.07 Å². The third kappa shape index (κ3) is 2.37. The third-order valence-corrected chi connectivity index (χ3v) is 6.64. The first-order valence-corrected chi connectivity index (χ1v) is 8.71. The molecule has 0 unspecified atom stereocenters. The monoisotopic (exact) mass is 317 g/mol. The topological polar surface area (TPSA) is 59.3 Å². The van der Waals surface area contributed by atoms with Gasteiger partial charge >= 0.3 is 0 Å². The Morgan fingerprint density at radius 2 is 2.04 bits per heavy atom. The fraction of sp³-hybridized carbons (Fsp3) is 0.789. The fourth-order valence-corrected chi connectivity index (χ4v) is 5.45. The summed E-state index contributed by atoms with van der Waals surface area (Å²) in [6.07, 6.45) is 6.10. The number of hydrogen-bond acceptors (Lipinski definition) is 4. The molecule has 0 aromatic carbocycles. The second-order valence-electron chi connectivity index (χ2n) is 7.95. The lowest BCUT2D eigenvalue weighted by atomic mass is 9.51. The molecule has 0 bridgehead atoms. The maximum atomic E-state index is 13.0. The van der Waals surface area contributed by atoms with Crippen LogP contribution in [0.2, 0.25) is 0 Å². The first-order valence-electron chi connectivity index (χ1n) is 8.71. The Balaban J connectivity index is 2.03. The molecule has 0 N–H and O–H groups in total. The van der Waals surface area contributed by atoms with Crippen molar-refractivity contribution < 1.29 is 14.3 Å². The number of rotatable bonds is 4. The highest BCUT2D eigenvalue weighted by Gasteiger charge is 2.67. The molecule has 0 aromatic rings. The molecule has 3 rings (SSSR count). The van der Waals surface area contributed by atoms with Crippen molar-refractivity contribution in [1.29, 1.82) is 5.26 Å². The van der Waals surface area contributed by atoms with E-state index < -0.39 is 11.2 Å². The zero-order valence-electron chi connectivity index (χ0n) is 14.3. The van der Waals surface area contributed by atoms with E-state index in [1.54, 1.807) is 0 Å². The summed E-state index contributed by atoms with van der Waals surface area (Å²) in [4.78, 5) is 13.0. The summed E-state index contributed by atoms with van der Waals surface area (Å²) in [6.45, 7) is 9.45. The second-order valence-corrected chi connectivity index (χ2v) is 7.95. The molecule has 1 saturated heterocycles. The molecule has 3 aliphatic rings. The molecule has 4 heteroatoms. The van der Waals surface area contributed by atoms with Crippen LogP contribution >= 0.6 is 0 Å². The van der Waals surface area contributed by atoms with E-state index in [0.717, 1.165) is 19.3 Å². The van der Waals surface area contributed by atoms with Crippen LogP contribution in [0.5, 0.6) is 0 Å². The minimum Gasteiger partial charge on any atom is -0.347 e. The van der Waals surface area contributed by atoms with Crippen LogP contribution in [0.1, 0.15) is 52.4 Å². The smallest absolute Gasteiger partial charge is 0.172 e. The molecule has 1 spiro atoms. The van der Waals surface area contributed by atoms with Crippen molar-refractivity contribution >= 4 is 5.78 Å². The van der Waals surface area contributed by atoms with Crippen LogP contribution in [0.25, 0.3) is 0 Å². The van der Waals surface area contributed by atoms with Crippen molar-refractivity contribution in [2.75, 3.05) is 13.2 Å². The molecular formula is C19H27NO3. The number of hydrogen-bond donors (Lipinski definition) is 0. The van der Waals surface area contributed by atoms with Gasteiger partial charge in [0.2, 0.25) is 0 Å². The SMILES string of the molecule is C=CC[C@@H]1[C@H]2C3(CC[C@@]2(C)CC(=O)[C@@]1(C)CCC#N)OCCO3. The van der Waals surface area contributed by atoms with E-state index in [0.29, 0.717) is 38.3 Å². The molecular weight excluding hydrogens is 290 g/mol. The van der Waals surface area contributed by atoms with Gasteiger partial charge in [-0.1, -0.05) is 19.9 Å². The van der Waals surface area contributed by atoms with E-state index in [-0.39, 0.29) is 17.3 Å². The minimum absolute atomic E-state index is 0.0682. The zero-order chi connectivity index (χ0) is 16.7. The number of fused-ring (bicyclic) bond motifs is 2. The van der Waals surface area contributed by atoms with E-state index in [4.69, 9.17) is 14.7 Å². The number of carbonyl (C=O) groups excluding carboxylic acids is 1. The molecule has 4 atom stereocenters. The molecule has 126 valence electrons. The van der Waals surface area contributed by atoms with E-state index in [1.807, 2.05) is 13.0 Å². The zero-order valence-corrected chi connectivity index (χ0v) is 14.3. The minimum atomic E-state index is -0.531. The highest BCUT2D eigenvalue weighted by Crippen LogP contribution is 2.65. The summed E-state index contributed by atoms with van der Waals surface area (Å²) in [5.74, 6) is 0.0855. The molecule has 0 aromatic heterocycles. The molecule has 1 aliphatic heterocycles. The highest BCUT2D eigenvalue weighted by molar-refractivity contribution is 5.86. The van der Waals surface area contributed by atoms with Gasteiger partial charge in [0.25, 0.3) is 0 Å². The van der Waals surface area contributed by atoms with Gasteiger partial charge in [0.15, 0.2) is 5.79 Å². The number of carbonyl (C=O) groups is 1. The lowest BCUT2D eigenvalue weighted by Gasteiger charge is -2.53. The predicted molar refractivity (Wildman–Crippen MR) is 86.3 cm³/mol. The van der Waals surface area contributed by atoms with Gasteiger partial charge in [-0.05, 0) is 30.6 Å². The van der Waals surface area contributed by atoms with Gasteiger partial charge in [-0.2, -0.15) is 5.26 Å². The Bertz CT molecular complexity index is 545. The quantitative estimate of drug-likeness (QED) is 0.743. The van der Waals surface area contributed by atoms with Crippen LogP contribution in [0.15, 0.2) is 12.7 Å². The van der Waals surface area contributed by atoms with Crippen LogP contribution in [0.4, 0.5) is 0 Å². The van der Waals surface area contributed by atoms with Gasteiger partial charge in [0.1, 0.15) is 5.78 Å². The van der Waals surface area contributed by atoms with E-state index >= 15 is 0 Å². The third-order valence-electron chi connectivity index (χ3n) is 6.64. The molecule has 2 saturated carbocycles. The largest absolute Gasteiger partial charge is 0.347 e. The number of ether oxygens (including phenoxy) is 2. The number of nitriles is 1. The predicted octanol–water partition coefficient (Wildman–Crippen LogP) is 3.62. The van der Waals surface area contributed by atoms with E-state index in [1.165, 1.54) is 0 Å².